The number of furan rings is 1. The van der Waals surface area contributed by atoms with E-state index in [9.17, 15) is 13.2 Å². The van der Waals surface area contributed by atoms with Crippen LogP contribution in [0, 0.1) is 0 Å². The zero-order valence-corrected chi connectivity index (χ0v) is 14.7. The van der Waals surface area contributed by atoms with Crippen molar-refractivity contribution in [2.75, 3.05) is 13.1 Å². The Hall–Kier alpha value is -1.68. The minimum Gasteiger partial charge on any atom is -0.444 e. The Labute approximate surface area is 141 Å². The van der Waals surface area contributed by atoms with Gasteiger partial charge >= 0.3 is 0 Å². The van der Waals surface area contributed by atoms with Gasteiger partial charge in [0.25, 0.3) is 5.91 Å². The van der Waals surface area contributed by atoms with Crippen LogP contribution in [0.15, 0.2) is 32.7 Å². The zero-order valence-electron chi connectivity index (χ0n) is 12.3. The molecule has 0 saturated carbocycles. The lowest BCUT2D eigenvalue weighted by Gasteiger charge is -2.30. The number of hydrogen-bond donors (Lipinski definition) is 0. The molecule has 1 aliphatic rings. The van der Waals surface area contributed by atoms with Crippen LogP contribution in [0.3, 0.4) is 0 Å². The van der Waals surface area contributed by atoms with Crippen molar-refractivity contribution < 1.29 is 17.6 Å². The highest BCUT2D eigenvalue weighted by Gasteiger charge is 2.36. The van der Waals surface area contributed by atoms with Gasteiger partial charge in [0.2, 0.25) is 15.0 Å². The molecule has 0 N–H and O–H groups in total. The molecule has 1 amide bonds. The monoisotopic (exact) mass is 402 g/mol. The Morgan fingerprint density at radius 3 is 2.57 bits per heavy atom. The van der Waals surface area contributed by atoms with E-state index in [-0.39, 0.29) is 16.8 Å². The standard InChI is InChI=1S/C13H15BrN4O4S/c1-17-8-15-16-13(17)23(20,21)9-4-6-18(7-5-9)12(19)10-2-3-11(14)22-10/h2-3,8-9H,4-7H2,1H3. The van der Waals surface area contributed by atoms with Gasteiger partial charge < -0.3 is 13.9 Å². The van der Waals surface area contributed by atoms with Gasteiger partial charge in [-0.15, -0.1) is 10.2 Å². The van der Waals surface area contributed by atoms with Crippen LogP contribution in [0.2, 0.25) is 0 Å². The molecule has 1 saturated heterocycles. The van der Waals surface area contributed by atoms with E-state index in [1.807, 2.05) is 0 Å². The highest BCUT2D eigenvalue weighted by atomic mass is 79.9. The van der Waals surface area contributed by atoms with Gasteiger partial charge in [0.15, 0.2) is 10.4 Å². The van der Waals surface area contributed by atoms with Crippen LogP contribution in [0.25, 0.3) is 0 Å². The van der Waals surface area contributed by atoms with Gasteiger partial charge in [0.05, 0.1) is 5.25 Å². The molecule has 0 radical (unpaired) electrons. The molecule has 1 aliphatic heterocycles. The molecule has 0 aliphatic carbocycles. The van der Waals surface area contributed by atoms with Crippen LogP contribution < -0.4 is 0 Å². The van der Waals surface area contributed by atoms with Gasteiger partial charge in [-0.2, -0.15) is 0 Å². The fourth-order valence-corrected chi connectivity index (χ4v) is 4.68. The summed E-state index contributed by atoms with van der Waals surface area (Å²) in [6.07, 6.45) is 2.09. The number of nitrogens with zero attached hydrogens (tertiary/aromatic N) is 4. The van der Waals surface area contributed by atoms with E-state index in [4.69, 9.17) is 4.42 Å². The summed E-state index contributed by atoms with van der Waals surface area (Å²) >= 11 is 3.16. The lowest BCUT2D eigenvalue weighted by molar-refractivity contribution is 0.0692. The predicted octanol–water partition coefficient (Wildman–Crippen LogP) is 1.25. The highest BCUT2D eigenvalue weighted by Crippen LogP contribution is 2.24. The van der Waals surface area contributed by atoms with Crippen molar-refractivity contribution in [3.63, 3.8) is 0 Å². The molecule has 3 heterocycles. The second-order valence-corrected chi connectivity index (χ2v) is 8.27. The molecular formula is C13H15BrN4O4S. The molecule has 2 aromatic heterocycles. The van der Waals surface area contributed by atoms with Crippen molar-refractivity contribution in [2.45, 2.75) is 23.2 Å². The topological polar surface area (TPSA) is 98.3 Å². The third-order valence-corrected chi connectivity index (χ3v) is 6.53. The van der Waals surface area contributed by atoms with Gasteiger partial charge in [-0.3, -0.25) is 4.79 Å². The van der Waals surface area contributed by atoms with Crippen LogP contribution in [-0.2, 0) is 16.9 Å². The van der Waals surface area contributed by atoms with Gasteiger partial charge in [0, 0.05) is 20.1 Å². The number of aromatic nitrogens is 3. The zero-order chi connectivity index (χ0) is 16.6. The van der Waals surface area contributed by atoms with E-state index in [2.05, 4.69) is 26.1 Å². The fourth-order valence-electron chi connectivity index (χ4n) is 2.63. The number of halogens is 1. The average molecular weight is 403 g/mol. The maximum absolute atomic E-state index is 12.6. The summed E-state index contributed by atoms with van der Waals surface area (Å²) < 4.78 is 32.3. The summed E-state index contributed by atoms with van der Waals surface area (Å²) in [4.78, 5) is 13.9. The van der Waals surface area contributed by atoms with Crippen molar-refractivity contribution in [3.8, 4) is 0 Å². The van der Waals surface area contributed by atoms with Crippen molar-refractivity contribution in [1.29, 1.82) is 0 Å². The second-order valence-electron chi connectivity index (χ2n) is 5.36. The number of piperidine rings is 1. The number of carbonyl (C=O) groups is 1. The minimum atomic E-state index is -3.54. The molecule has 2 aromatic rings. The first-order chi connectivity index (χ1) is 10.9. The number of carbonyl (C=O) groups excluding carboxylic acids is 1. The van der Waals surface area contributed by atoms with Crippen molar-refractivity contribution in [3.05, 3.63) is 28.9 Å². The van der Waals surface area contributed by atoms with Gasteiger partial charge in [-0.25, -0.2) is 8.42 Å². The maximum Gasteiger partial charge on any atom is 0.289 e. The smallest absolute Gasteiger partial charge is 0.289 e. The molecule has 0 aromatic carbocycles. The summed E-state index contributed by atoms with van der Waals surface area (Å²) in [5, 5.41) is 6.72. The molecular weight excluding hydrogens is 388 g/mol. The predicted molar refractivity (Wildman–Crippen MR) is 83.5 cm³/mol. The molecule has 0 bridgehead atoms. The van der Waals surface area contributed by atoms with E-state index in [1.165, 1.54) is 10.9 Å². The molecule has 3 rings (SSSR count). The largest absolute Gasteiger partial charge is 0.444 e. The van der Waals surface area contributed by atoms with E-state index in [0.717, 1.165) is 0 Å². The molecule has 0 atom stereocenters. The average Bonchev–Trinajstić information content (AvgIpc) is 3.15. The van der Waals surface area contributed by atoms with Crippen LogP contribution in [0.4, 0.5) is 0 Å². The molecule has 23 heavy (non-hydrogen) atoms. The SMILES string of the molecule is Cn1cnnc1S(=O)(=O)C1CCN(C(=O)c2ccc(Br)o2)CC1. The molecule has 124 valence electrons. The van der Waals surface area contributed by atoms with E-state index in [0.29, 0.717) is 30.6 Å². The molecule has 8 nitrogen and oxygen atoms in total. The number of hydrogen-bond acceptors (Lipinski definition) is 6. The summed E-state index contributed by atoms with van der Waals surface area (Å²) in [7, 11) is -1.94. The second kappa shape index (κ2) is 6.08. The first-order valence-corrected chi connectivity index (χ1v) is 9.36. The molecule has 0 unspecified atom stereocenters. The summed E-state index contributed by atoms with van der Waals surface area (Å²) in [5.41, 5.74) is 0. The van der Waals surface area contributed by atoms with Crippen molar-refractivity contribution >= 4 is 31.7 Å². The molecule has 0 spiro atoms. The Morgan fingerprint density at radius 1 is 1.35 bits per heavy atom. The van der Waals surface area contributed by atoms with Crippen LogP contribution in [-0.4, -0.2) is 52.3 Å². The number of amides is 1. The fraction of sp³-hybridized carbons (Fsp3) is 0.462. The Balaban J connectivity index is 1.69. The summed E-state index contributed by atoms with van der Waals surface area (Å²) in [6.45, 7) is 0.720. The van der Waals surface area contributed by atoms with Crippen LogP contribution in [0.5, 0.6) is 0 Å². The van der Waals surface area contributed by atoms with Gasteiger partial charge in [-0.05, 0) is 40.9 Å². The Kier molecular flexibility index (Phi) is 4.28. The summed E-state index contributed by atoms with van der Waals surface area (Å²) in [5.74, 6) is 0.0108. The van der Waals surface area contributed by atoms with E-state index >= 15 is 0 Å². The molecule has 1 fully saturated rings. The normalized spacial score (nSPS) is 16.7. The summed E-state index contributed by atoms with van der Waals surface area (Å²) in [6, 6.07) is 3.24. The maximum atomic E-state index is 12.6. The van der Waals surface area contributed by atoms with E-state index in [1.54, 1.807) is 24.1 Å². The van der Waals surface area contributed by atoms with Gasteiger partial charge in [0.1, 0.15) is 6.33 Å². The third-order valence-electron chi connectivity index (χ3n) is 3.88. The van der Waals surface area contributed by atoms with Crippen molar-refractivity contribution in [2.24, 2.45) is 7.05 Å². The minimum absolute atomic E-state index is 0.0303. The Morgan fingerprint density at radius 2 is 2.04 bits per heavy atom. The first-order valence-electron chi connectivity index (χ1n) is 7.02. The van der Waals surface area contributed by atoms with Crippen LogP contribution in [0.1, 0.15) is 23.4 Å². The number of rotatable bonds is 3. The number of sulfone groups is 1. The number of aryl methyl sites for hydroxylation is 1. The third kappa shape index (κ3) is 3.05. The lowest BCUT2D eigenvalue weighted by Crippen LogP contribution is -2.42. The van der Waals surface area contributed by atoms with Crippen molar-refractivity contribution in [1.82, 2.24) is 19.7 Å². The van der Waals surface area contributed by atoms with Gasteiger partial charge in [-0.1, -0.05) is 0 Å². The molecule has 10 heteroatoms. The lowest BCUT2D eigenvalue weighted by atomic mass is 10.1. The van der Waals surface area contributed by atoms with Crippen LogP contribution >= 0.6 is 15.9 Å². The Bertz CT molecular complexity index is 821. The highest BCUT2D eigenvalue weighted by molar-refractivity contribution is 9.10. The van der Waals surface area contributed by atoms with E-state index < -0.39 is 15.1 Å². The number of likely N-dealkylation sites (tertiary alicyclic amines) is 1. The quantitative estimate of drug-likeness (QED) is 0.765. The first kappa shape index (κ1) is 16.2.